The van der Waals surface area contributed by atoms with E-state index in [0.29, 0.717) is 0 Å². The van der Waals surface area contributed by atoms with Gasteiger partial charge in [0.2, 0.25) is 0 Å². The van der Waals surface area contributed by atoms with E-state index >= 15 is 0 Å². The molecule has 0 aromatic heterocycles. The van der Waals surface area contributed by atoms with Gasteiger partial charge in [-0.2, -0.15) is 0 Å². The fraction of sp³-hybridized carbons (Fsp3) is 1.00. The summed E-state index contributed by atoms with van der Waals surface area (Å²) >= 11 is 0.990. The van der Waals surface area contributed by atoms with Crippen molar-refractivity contribution in [1.29, 1.82) is 0 Å². The van der Waals surface area contributed by atoms with Gasteiger partial charge in [0.15, 0.2) is 0 Å². The third kappa shape index (κ3) is 5.29. The molecule has 0 unspecified atom stereocenters. The van der Waals surface area contributed by atoms with E-state index in [2.05, 4.69) is 15.2 Å². The average molecular weight is 276 g/mol. The van der Waals surface area contributed by atoms with Gasteiger partial charge in [0.05, 0.1) is 0 Å². The van der Waals surface area contributed by atoms with Crippen molar-refractivity contribution in [3.05, 3.63) is 0 Å². The van der Waals surface area contributed by atoms with Gasteiger partial charge >= 0.3 is 51.9 Å². The van der Waals surface area contributed by atoms with Crippen molar-refractivity contribution in [2.75, 3.05) is 5.75 Å². The van der Waals surface area contributed by atoms with Crippen LogP contribution in [0, 0.1) is 0 Å². The Balaban J connectivity index is 2.19. The second-order valence-electron chi connectivity index (χ2n) is 0.908. The molecule has 5 heavy (non-hydrogen) atoms. The average Bonchev–Trinajstić information content (AvgIpc) is 1.41. The van der Waals surface area contributed by atoms with E-state index < -0.39 is 0 Å². The van der Waals surface area contributed by atoms with E-state index in [1.165, 1.54) is 12.2 Å². The summed E-state index contributed by atoms with van der Waals surface area (Å²) < 4.78 is 0. The first kappa shape index (κ1) is 6.29. The Kier molecular flexibility index (Phi) is 6.64. The van der Waals surface area contributed by atoms with Crippen molar-refractivity contribution in [3.63, 3.8) is 0 Å². The van der Waals surface area contributed by atoms with Crippen LogP contribution in [0.3, 0.4) is 0 Å². The van der Waals surface area contributed by atoms with Crippen LogP contribution >= 0.6 is 8.24 Å². The van der Waals surface area contributed by atoms with E-state index in [1.807, 2.05) is 0 Å². The van der Waals surface area contributed by atoms with Crippen LogP contribution in [0.4, 0.5) is 0 Å². The summed E-state index contributed by atoms with van der Waals surface area (Å²) in [4.78, 5) is 0. The molecule has 0 saturated heterocycles. The van der Waals surface area contributed by atoms with E-state index in [9.17, 15) is 0 Å². The fourth-order valence-electron chi connectivity index (χ4n) is 0.144. The van der Waals surface area contributed by atoms with Crippen molar-refractivity contribution in [2.24, 2.45) is 0 Å². The van der Waals surface area contributed by atoms with Gasteiger partial charge in [-0.15, -0.1) is 0 Å². The zero-order valence-corrected chi connectivity index (χ0v) is 9.84. The summed E-state index contributed by atoms with van der Waals surface area (Å²) in [6.45, 7) is 2.22. The number of hydrogen-bond acceptors (Lipinski definition) is 1. The first-order valence-corrected chi connectivity index (χ1v) is 9.67. The second-order valence-corrected chi connectivity index (χ2v) is 6.49. The van der Waals surface area contributed by atoms with E-state index in [-0.39, 0.29) is 0 Å². The molecule has 0 rings (SSSR count). The fourth-order valence-corrected chi connectivity index (χ4v) is 3.80. The predicted molar refractivity (Wildman–Crippen MR) is 22.7 cm³/mol. The molecule has 27 valence electrons. The molecule has 0 aromatic carbocycles. The molecule has 0 aromatic rings. The minimum atomic E-state index is 0.990. The monoisotopic (exact) mass is 277 g/mol. The topological polar surface area (TPSA) is 0 Å². The van der Waals surface area contributed by atoms with Gasteiger partial charge in [0.1, 0.15) is 0 Å². The first-order valence-electron chi connectivity index (χ1n) is 1.78. The van der Waals surface area contributed by atoms with E-state index in [4.69, 9.17) is 0 Å². The van der Waals surface area contributed by atoms with Crippen LogP contribution in [-0.4, -0.2) is 5.75 Å². The Morgan fingerprint density at radius 2 is 2.40 bits per heavy atom. The normalized spacial score (nSPS) is 8.60. The molecule has 0 amide bonds. The van der Waals surface area contributed by atoms with Crippen molar-refractivity contribution < 1.29 is 24.6 Å². The van der Waals surface area contributed by atoms with Crippen molar-refractivity contribution in [2.45, 2.75) is 13.3 Å². The molecule has 0 bridgehead atoms. The van der Waals surface area contributed by atoms with Gasteiger partial charge in [-0.25, -0.2) is 0 Å². The van der Waals surface area contributed by atoms with Crippen molar-refractivity contribution >= 4 is 8.24 Å². The zero-order chi connectivity index (χ0) is 4.12. The first-order chi connectivity index (χ1) is 2.41. The quantitative estimate of drug-likeness (QED) is 0.690. The van der Waals surface area contributed by atoms with Gasteiger partial charge in [-0.1, -0.05) is 0 Å². The number of rotatable bonds is 2. The van der Waals surface area contributed by atoms with Crippen LogP contribution < -0.4 is 0 Å². The van der Waals surface area contributed by atoms with Crippen LogP contribution in [0.1, 0.15) is 13.3 Å². The summed E-state index contributed by atoms with van der Waals surface area (Å²) in [5.41, 5.74) is 0. The molecular formula is C3H7HgS. The van der Waals surface area contributed by atoms with Crippen LogP contribution in [-0.2, 0) is 24.6 Å². The Labute approximate surface area is 51.8 Å². The Morgan fingerprint density at radius 1 is 1.80 bits per heavy atom. The molecule has 0 aliphatic carbocycles. The molecule has 0 heterocycles. The van der Waals surface area contributed by atoms with Crippen LogP contribution in [0.15, 0.2) is 0 Å². The SMILES string of the molecule is CCC[S][Hg]. The third-order valence-electron chi connectivity index (χ3n) is 0.348. The standard InChI is InChI=1S/C3H8S.Hg/c1-2-3-4;/h4H,2-3H2,1H3;/q;+1/p-1. The van der Waals surface area contributed by atoms with Crippen molar-refractivity contribution in [3.8, 4) is 0 Å². The summed E-state index contributed by atoms with van der Waals surface area (Å²) in [6, 6.07) is 0. The van der Waals surface area contributed by atoms with Gasteiger partial charge in [-0.05, 0) is 0 Å². The molecule has 0 fully saturated rings. The van der Waals surface area contributed by atoms with Gasteiger partial charge in [-0.3, -0.25) is 0 Å². The predicted octanol–water partition coefficient (Wildman–Crippen LogP) is 1.59. The van der Waals surface area contributed by atoms with E-state index in [0.717, 1.165) is 24.6 Å². The van der Waals surface area contributed by atoms with Gasteiger partial charge < -0.3 is 0 Å². The molecule has 2 heteroatoms. The Bertz CT molecular complexity index is 14.4. The second kappa shape index (κ2) is 5.29. The molecule has 0 N–H and O–H groups in total. The summed E-state index contributed by atoms with van der Waals surface area (Å²) in [6.07, 6.45) is 1.36. The molecule has 0 spiro atoms. The third-order valence-corrected chi connectivity index (χ3v) is 4.41. The molecule has 0 aliphatic rings. The van der Waals surface area contributed by atoms with Crippen LogP contribution in [0.2, 0.25) is 0 Å². The zero-order valence-electron chi connectivity index (χ0n) is 3.53. The minimum absolute atomic E-state index is 0.990. The Morgan fingerprint density at radius 3 is 2.40 bits per heavy atom. The molecule has 0 aliphatic heterocycles. The maximum absolute atomic E-state index is 2.22. The molecular weight excluding hydrogens is 269 g/mol. The summed E-state index contributed by atoms with van der Waals surface area (Å²) in [5.74, 6) is 1.39. The van der Waals surface area contributed by atoms with Crippen molar-refractivity contribution in [1.82, 2.24) is 0 Å². The van der Waals surface area contributed by atoms with Gasteiger partial charge in [0.25, 0.3) is 0 Å². The molecule has 0 atom stereocenters. The molecule has 0 nitrogen and oxygen atoms in total. The van der Waals surface area contributed by atoms with Crippen LogP contribution in [0.25, 0.3) is 0 Å². The Hall–Kier alpha value is 1.29. The molecule has 0 saturated carbocycles. The molecule has 0 radical (unpaired) electrons. The summed E-state index contributed by atoms with van der Waals surface area (Å²) in [7, 11) is 2.10. The number of hydrogen-bond donors (Lipinski definition) is 0. The van der Waals surface area contributed by atoms with Crippen LogP contribution in [0.5, 0.6) is 0 Å². The maximum atomic E-state index is 2.22. The summed E-state index contributed by atoms with van der Waals surface area (Å²) in [5, 5.41) is 0. The van der Waals surface area contributed by atoms with Gasteiger partial charge in [0, 0.05) is 0 Å². The van der Waals surface area contributed by atoms with E-state index in [1.54, 1.807) is 0 Å².